The molecule has 0 saturated carbocycles. The van der Waals surface area contributed by atoms with Crippen molar-refractivity contribution in [3.05, 3.63) is 59.8 Å². The first kappa shape index (κ1) is 16.0. The summed E-state index contributed by atoms with van der Waals surface area (Å²) in [6, 6.07) is 14.1. The maximum absolute atomic E-state index is 9.78. The van der Waals surface area contributed by atoms with Crippen LogP contribution in [-0.2, 0) is 13.0 Å². The van der Waals surface area contributed by atoms with E-state index < -0.39 is 0 Å². The lowest BCUT2D eigenvalue weighted by Gasteiger charge is -2.22. The number of aliphatic hydroxyl groups excluding tert-OH is 1. The van der Waals surface area contributed by atoms with Crippen LogP contribution in [-0.4, -0.2) is 36.0 Å². The Balaban J connectivity index is 1.46. The van der Waals surface area contributed by atoms with E-state index in [2.05, 4.69) is 22.4 Å². The number of hydrogen-bond acceptors (Lipinski definition) is 4. The highest BCUT2D eigenvalue weighted by Gasteiger charge is 2.17. The van der Waals surface area contributed by atoms with Gasteiger partial charge in [-0.1, -0.05) is 30.3 Å². The Kier molecular flexibility index (Phi) is 4.59. The quantitative estimate of drug-likeness (QED) is 0.646. The van der Waals surface area contributed by atoms with Crippen molar-refractivity contribution in [2.75, 3.05) is 19.8 Å². The number of benzene rings is 2. The third kappa shape index (κ3) is 3.34. The summed E-state index contributed by atoms with van der Waals surface area (Å²) in [4.78, 5) is 3.29. The largest absolute Gasteiger partial charge is 0.486 e. The molecule has 130 valence electrons. The van der Waals surface area contributed by atoms with Gasteiger partial charge in [-0.3, -0.25) is 0 Å². The normalized spacial score (nSPS) is 14.6. The van der Waals surface area contributed by atoms with Crippen molar-refractivity contribution in [3.8, 4) is 11.5 Å². The Labute approximate surface area is 146 Å². The molecule has 2 heterocycles. The number of nitrogens with one attached hydrogen (secondary N) is 2. The molecule has 1 unspecified atom stereocenters. The van der Waals surface area contributed by atoms with Gasteiger partial charge in [0.15, 0.2) is 11.5 Å². The van der Waals surface area contributed by atoms with Crippen LogP contribution >= 0.6 is 0 Å². The summed E-state index contributed by atoms with van der Waals surface area (Å²) in [5.74, 6) is 1.60. The minimum Gasteiger partial charge on any atom is -0.486 e. The van der Waals surface area contributed by atoms with Gasteiger partial charge in [-0.25, -0.2) is 0 Å². The van der Waals surface area contributed by atoms with Gasteiger partial charge in [-0.2, -0.15) is 0 Å². The highest BCUT2D eigenvalue weighted by Crippen LogP contribution is 2.33. The molecule has 0 radical (unpaired) electrons. The molecule has 4 rings (SSSR count). The molecule has 0 bridgehead atoms. The summed E-state index contributed by atoms with van der Waals surface area (Å²) in [7, 11) is 0. The minimum atomic E-state index is -0.0282. The number of hydrogen-bond donors (Lipinski definition) is 3. The summed E-state index contributed by atoms with van der Waals surface area (Å²) in [6.07, 6.45) is 2.78. The Morgan fingerprint density at radius 3 is 2.84 bits per heavy atom. The van der Waals surface area contributed by atoms with Crippen LogP contribution in [0, 0.1) is 0 Å². The molecular weight excluding hydrogens is 316 g/mol. The second-order valence-electron chi connectivity index (χ2n) is 6.27. The third-order valence-corrected chi connectivity index (χ3v) is 4.59. The van der Waals surface area contributed by atoms with Crippen molar-refractivity contribution in [2.24, 2.45) is 0 Å². The smallest absolute Gasteiger partial charge is 0.165 e. The highest BCUT2D eigenvalue weighted by atomic mass is 16.6. The van der Waals surface area contributed by atoms with Crippen molar-refractivity contribution in [3.63, 3.8) is 0 Å². The van der Waals surface area contributed by atoms with Crippen molar-refractivity contribution in [1.29, 1.82) is 0 Å². The summed E-state index contributed by atoms with van der Waals surface area (Å²) in [6.45, 7) is 1.86. The zero-order valence-corrected chi connectivity index (χ0v) is 14.0. The number of rotatable bonds is 6. The molecule has 0 saturated heterocycles. The van der Waals surface area contributed by atoms with Crippen LogP contribution in [0.1, 0.15) is 11.1 Å². The lowest BCUT2D eigenvalue weighted by molar-refractivity contribution is 0.169. The molecular formula is C20H22N2O3. The van der Waals surface area contributed by atoms with Crippen molar-refractivity contribution < 1.29 is 14.6 Å². The predicted octanol–water partition coefficient (Wildman–Crippen LogP) is 2.63. The summed E-state index contributed by atoms with van der Waals surface area (Å²) < 4.78 is 11.4. The van der Waals surface area contributed by atoms with Gasteiger partial charge in [0.25, 0.3) is 0 Å². The van der Waals surface area contributed by atoms with E-state index >= 15 is 0 Å². The zero-order valence-electron chi connectivity index (χ0n) is 14.0. The molecule has 1 aliphatic rings. The number of para-hydroxylation sites is 2. The first-order valence-electron chi connectivity index (χ1n) is 8.62. The Morgan fingerprint density at radius 2 is 1.92 bits per heavy atom. The monoisotopic (exact) mass is 338 g/mol. The van der Waals surface area contributed by atoms with E-state index in [1.165, 1.54) is 10.9 Å². The Morgan fingerprint density at radius 1 is 1.04 bits per heavy atom. The van der Waals surface area contributed by atoms with Crippen LogP contribution in [0.4, 0.5) is 0 Å². The van der Waals surface area contributed by atoms with E-state index in [1.807, 2.05) is 36.5 Å². The highest BCUT2D eigenvalue weighted by molar-refractivity contribution is 5.83. The maximum Gasteiger partial charge on any atom is 0.165 e. The lowest BCUT2D eigenvalue weighted by Crippen LogP contribution is -2.34. The summed E-state index contributed by atoms with van der Waals surface area (Å²) in [5, 5.41) is 14.4. The fourth-order valence-corrected chi connectivity index (χ4v) is 3.29. The first-order chi connectivity index (χ1) is 12.3. The van der Waals surface area contributed by atoms with Crippen molar-refractivity contribution >= 4 is 10.9 Å². The first-order valence-corrected chi connectivity index (χ1v) is 8.62. The zero-order chi connectivity index (χ0) is 17.1. The van der Waals surface area contributed by atoms with Gasteiger partial charge in [0.2, 0.25) is 0 Å². The number of ether oxygens (including phenoxy) is 2. The van der Waals surface area contributed by atoms with E-state index in [-0.39, 0.29) is 12.6 Å². The van der Waals surface area contributed by atoms with Gasteiger partial charge in [0.05, 0.1) is 6.61 Å². The van der Waals surface area contributed by atoms with E-state index in [0.717, 1.165) is 29.0 Å². The van der Waals surface area contributed by atoms with Gasteiger partial charge in [-0.05, 0) is 24.1 Å². The number of aromatic amines is 1. The number of aliphatic hydroxyl groups is 1. The van der Waals surface area contributed by atoms with Gasteiger partial charge in [0.1, 0.15) is 13.2 Å². The maximum atomic E-state index is 9.78. The van der Waals surface area contributed by atoms with Gasteiger partial charge in [-0.15, -0.1) is 0 Å². The minimum absolute atomic E-state index is 0.0282. The van der Waals surface area contributed by atoms with Crippen LogP contribution < -0.4 is 14.8 Å². The van der Waals surface area contributed by atoms with Crippen molar-refractivity contribution in [2.45, 2.75) is 19.0 Å². The molecule has 0 amide bonds. The van der Waals surface area contributed by atoms with Gasteiger partial charge < -0.3 is 24.9 Å². The van der Waals surface area contributed by atoms with E-state index in [9.17, 15) is 5.11 Å². The molecule has 2 aromatic carbocycles. The number of aromatic nitrogens is 1. The van der Waals surface area contributed by atoms with Gasteiger partial charge >= 0.3 is 0 Å². The second kappa shape index (κ2) is 7.17. The second-order valence-corrected chi connectivity index (χ2v) is 6.27. The summed E-state index contributed by atoms with van der Waals surface area (Å²) >= 11 is 0. The fourth-order valence-electron chi connectivity index (χ4n) is 3.29. The van der Waals surface area contributed by atoms with E-state index in [4.69, 9.17) is 9.47 Å². The van der Waals surface area contributed by atoms with Crippen molar-refractivity contribution in [1.82, 2.24) is 10.3 Å². The third-order valence-electron chi connectivity index (χ3n) is 4.59. The van der Waals surface area contributed by atoms with Crippen LogP contribution in [0.3, 0.4) is 0 Å². The molecule has 3 N–H and O–H groups in total. The summed E-state index contributed by atoms with van der Waals surface area (Å²) in [5.41, 5.74) is 3.38. The molecule has 3 aromatic rings. The molecule has 5 heteroatoms. The number of fused-ring (bicyclic) bond motifs is 2. The molecule has 5 nitrogen and oxygen atoms in total. The van der Waals surface area contributed by atoms with Crippen LogP contribution in [0.25, 0.3) is 10.9 Å². The van der Waals surface area contributed by atoms with E-state index in [0.29, 0.717) is 19.8 Å². The van der Waals surface area contributed by atoms with E-state index in [1.54, 1.807) is 0 Å². The molecule has 1 aromatic heterocycles. The predicted molar refractivity (Wildman–Crippen MR) is 97.1 cm³/mol. The van der Waals surface area contributed by atoms with Crippen LogP contribution in [0.2, 0.25) is 0 Å². The number of H-pyrrole nitrogens is 1. The van der Waals surface area contributed by atoms with Crippen LogP contribution in [0.5, 0.6) is 11.5 Å². The lowest BCUT2D eigenvalue weighted by atomic mass is 10.0. The van der Waals surface area contributed by atoms with Crippen LogP contribution in [0.15, 0.2) is 48.7 Å². The molecule has 0 fully saturated rings. The Hall–Kier alpha value is -2.50. The molecule has 0 aliphatic carbocycles. The molecule has 0 spiro atoms. The standard InChI is InChI=1S/C20H22N2O3/c23-13-16(10-15-12-22-18-6-2-1-5-17(15)18)21-11-14-4-3-7-19-20(14)25-9-8-24-19/h1-7,12,16,21-23H,8-11,13H2. The average Bonchev–Trinajstić information content (AvgIpc) is 3.08. The SMILES string of the molecule is OCC(Cc1c[nH]c2ccccc12)NCc1cccc2c1OCCO2. The Bertz CT molecular complexity index is 859. The topological polar surface area (TPSA) is 66.5 Å². The van der Waals surface area contributed by atoms with Gasteiger partial charge in [0, 0.05) is 35.2 Å². The molecule has 25 heavy (non-hydrogen) atoms. The average molecular weight is 338 g/mol. The fraction of sp³-hybridized carbons (Fsp3) is 0.300. The molecule has 1 aliphatic heterocycles. The molecule has 1 atom stereocenters.